The van der Waals surface area contributed by atoms with Crippen LogP contribution >= 0.6 is 11.6 Å². The molecular weight excluding hydrogens is 396 g/mol. The lowest BCUT2D eigenvalue weighted by Crippen LogP contribution is -2.43. The Morgan fingerprint density at radius 3 is 2.62 bits per heavy atom. The minimum atomic E-state index is -0.716. The molecule has 8 nitrogen and oxygen atoms in total. The lowest BCUT2D eigenvalue weighted by Gasteiger charge is -2.07. The topological polar surface area (TPSA) is 102 Å². The lowest BCUT2D eigenvalue weighted by atomic mass is 10.2. The minimum Gasteiger partial charge on any atom is -0.452 e. The number of hydrazine groups is 1. The Bertz CT molecular complexity index is 893. The molecule has 2 amide bonds. The molecule has 1 aromatic carbocycles. The second kappa shape index (κ2) is 11.0. The molecule has 154 valence electrons. The zero-order valence-corrected chi connectivity index (χ0v) is 17.0. The van der Waals surface area contributed by atoms with Gasteiger partial charge in [-0.2, -0.15) is 5.10 Å². The van der Waals surface area contributed by atoms with Crippen molar-refractivity contribution >= 4 is 35.5 Å². The number of ether oxygens (including phenoxy) is 1. The summed E-state index contributed by atoms with van der Waals surface area (Å²) in [6, 6.07) is 8.37. The van der Waals surface area contributed by atoms with Crippen LogP contribution in [0.5, 0.6) is 0 Å². The van der Waals surface area contributed by atoms with Gasteiger partial charge in [-0.1, -0.05) is 43.1 Å². The number of carbonyl (C=O) groups is 3. The van der Waals surface area contributed by atoms with Gasteiger partial charge < -0.3 is 4.74 Å². The van der Waals surface area contributed by atoms with Crippen molar-refractivity contribution in [3.05, 3.63) is 58.4 Å². The van der Waals surface area contributed by atoms with Crippen molar-refractivity contribution in [2.24, 2.45) is 0 Å². The smallest absolute Gasteiger partial charge is 0.331 e. The average molecular weight is 419 g/mol. The summed E-state index contributed by atoms with van der Waals surface area (Å²) in [5, 5.41) is 4.79. The van der Waals surface area contributed by atoms with Crippen LogP contribution in [0.3, 0.4) is 0 Å². The number of esters is 1. The number of nitrogens with one attached hydrogen (secondary N) is 2. The maximum absolute atomic E-state index is 11.8. The molecule has 0 fully saturated rings. The molecule has 1 heterocycles. The fourth-order valence-corrected chi connectivity index (χ4v) is 2.70. The van der Waals surface area contributed by atoms with Gasteiger partial charge in [0, 0.05) is 23.7 Å². The molecule has 2 rings (SSSR count). The number of unbranched alkanes of at least 4 members (excludes halogenated alkanes) is 1. The Morgan fingerprint density at radius 2 is 1.93 bits per heavy atom. The van der Waals surface area contributed by atoms with Crippen molar-refractivity contribution in [1.82, 2.24) is 20.6 Å². The largest absolute Gasteiger partial charge is 0.452 e. The van der Waals surface area contributed by atoms with Crippen LogP contribution in [0.4, 0.5) is 0 Å². The van der Waals surface area contributed by atoms with Gasteiger partial charge in [-0.25, -0.2) is 4.79 Å². The van der Waals surface area contributed by atoms with Gasteiger partial charge in [0.1, 0.15) is 5.15 Å². The molecule has 2 aromatic rings. The highest BCUT2D eigenvalue weighted by atomic mass is 35.5. The summed E-state index contributed by atoms with van der Waals surface area (Å²) < 4.78 is 6.54. The first kappa shape index (κ1) is 22.2. The standard InChI is InChI=1S/C20H23ClN4O4/c1-3-4-12-25-19(21)16(14(2)24-25)10-11-18(27)29-13-17(26)22-23-20(28)15-8-6-5-7-9-15/h5-11H,3-4,12-13H2,1-2H3,(H,22,26)(H,23,28)/b11-10+. The number of hydrogen-bond acceptors (Lipinski definition) is 5. The molecule has 29 heavy (non-hydrogen) atoms. The van der Waals surface area contributed by atoms with E-state index in [1.807, 2.05) is 0 Å². The lowest BCUT2D eigenvalue weighted by molar-refractivity contribution is -0.144. The van der Waals surface area contributed by atoms with Gasteiger partial charge >= 0.3 is 5.97 Å². The molecule has 0 saturated heterocycles. The molecule has 0 saturated carbocycles. The third-order valence-corrected chi connectivity index (χ3v) is 4.31. The molecule has 0 atom stereocenters. The first-order valence-corrected chi connectivity index (χ1v) is 9.52. The Morgan fingerprint density at radius 1 is 1.21 bits per heavy atom. The summed E-state index contributed by atoms with van der Waals surface area (Å²) in [5.41, 5.74) is 6.12. The number of hydrogen-bond donors (Lipinski definition) is 2. The third kappa shape index (κ3) is 6.76. The number of carbonyl (C=O) groups excluding carboxylic acids is 3. The number of halogens is 1. The number of aromatic nitrogens is 2. The van der Waals surface area contributed by atoms with Crippen molar-refractivity contribution < 1.29 is 19.1 Å². The molecule has 0 bridgehead atoms. The molecular formula is C20H23ClN4O4. The van der Waals surface area contributed by atoms with Crippen LogP contribution in [0, 0.1) is 6.92 Å². The second-order valence-corrected chi connectivity index (χ2v) is 6.53. The van der Waals surface area contributed by atoms with Gasteiger partial charge in [0.15, 0.2) is 6.61 Å². The number of benzene rings is 1. The first-order valence-electron chi connectivity index (χ1n) is 9.14. The summed E-state index contributed by atoms with van der Waals surface area (Å²) in [4.78, 5) is 35.4. The van der Waals surface area contributed by atoms with E-state index in [1.165, 1.54) is 12.2 Å². The molecule has 0 aliphatic carbocycles. The molecule has 2 N–H and O–H groups in total. The third-order valence-electron chi connectivity index (χ3n) is 3.92. The van der Waals surface area contributed by atoms with E-state index >= 15 is 0 Å². The van der Waals surface area contributed by atoms with E-state index in [0.29, 0.717) is 28.5 Å². The maximum Gasteiger partial charge on any atom is 0.331 e. The van der Waals surface area contributed by atoms with Gasteiger partial charge in [0.2, 0.25) is 0 Å². The number of nitrogens with zero attached hydrogens (tertiary/aromatic N) is 2. The maximum atomic E-state index is 11.8. The van der Waals surface area contributed by atoms with Crippen molar-refractivity contribution in [2.75, 3.05) is 6.61 Å². The Labute approximate surface area is 173 Å². The van der Waals surface area contributed by atoms with Crippen LogP contribution < -0.4 is 10.9 Å². The summed E-state index contributed by atoms with van der Waals surface area (Å²) in [5.74, 6) is -1.86. The van der Waals surface area contributed by atoms with Crippen molar-refractivity contribution in [1.29, 1.82) is 0 Å². The number of rotatable bonds is 8. The number of amides is 2. The normalized spacial score (nSPS) is 10.7. The average Bonchev–Trinajstić information content (AvgIpc) is 3.00. The molecule has 0 aliphatic rings. The Balaban J connectivity index is 1.80. The minimum absolute atomic E-state index is 0.388. The fourth-order valence-electron chi connectivity index (χ4n) is 2.37. The summed E-state index contributed by atoms with van der Waals surface area (Å²) in [7, 11) is 0. The predicted molar refractivity (Wildman–Crippen MR) is 109 cm³/mol. The SMILES string of the molecule is CCCCn1nc(C)c(/C=C/C(=O)OCC(=O)NNC(=O)c2ccccc2)c1Cl. The second-order valence-electron chi connectivity index (χ2n) is 6.18. The van der Waals surface area contributed by atoms with Crippen molar-refractivity contribution in [3.8, 4) is 0 Å². The van der Waals surface area contributed by atoms with E-state index in [-0.39, 0.29) is 0 Å². The van der Waals surface area contributed by atoms with Crippen LogP contribution in [-0.2, 0) is 20.9 Å². The summed E-state index contributed by atoms with van der Waals surface area (Å²) >= 11 is 6.29. The van der Waals surface area contributed by atoms with Crippen LogP contribution in [0.2, 0.25) is 5.15 Å². The van der Waals surface area contributed by atoms with Gasteiger partial charge in [-0.05, 0) is 31.6 Å². The zero-order valence-electron chi connectivity index (χ0n) is 16.3. The Kier molecular flexibility index (Phi) is 8.42. The molecule has 0 spiro atoms. The van der Waals surface area contributed by atoms with E-state index in [9.17, 15) is 14.4 Å². The molecule has 1 aromatic heterocycles. The van der Waals surface area contributed by atoms with E-state index < -0.39 is 24.4 Å². The van der Waals surface area contributed by atoms with Gasteiger partial charge in [-0.15, -0.1) is 0 Å². The van der Waals surface area contributed by atoms with Crippen LogP contribution in [0.25, 0.3) is 6.08 Å². The van der Waals surface area contributed by atoms with Gasteiger partial charge in [0.05, 0.1) is 5.69 Å². The molecule has 0 unspecified atom stereocenters. The summed E-state index contributed by atoms with van der Waals surface area (Å²) in [6.45, 7) is 4.02. The molecule has 0 aliphatic heterocycles. The first-order chi connectivity index (χ1) is 13.9. The highest BCUT2D eigenvalue weighted by Gasteiger charge is 2.12. The Hall–Kier alpha value is -3.13. The number of aryl methyl sites for hydroxylation is 2. The van der Waals surface area contributed by atoms with E-state index in [1.54, 1.807) is 41.9 Å². The predicted octanol–water partition coefficient (Wildman–Crippen LogP) is 2.66. The van der Waals surface area contributed by atoms with E-state index in [0.717, 1.165) is 12.8 Å². The van der Waals surface area contributed by atoms with Gasteiger partial charge in [0.25, 0.3) is 11.8 Å². The molecule has 0 radical (unpaired) electrons. The fraction of sp³-hybridized carbons (Fsp3) is 0.300. The van der Waals surface area contributed by atoms with Crippen molar-refractivity contribution in [2.45, 2.75) is 33.2 Å². The van der Waals surface area contributed by atoms with E-state index in [2.05, 4.69) is 22.9 Å². The highest BCUT2D eigenvalue weighted by Crippen LogP contribution is 2.21. The van der Waals surface area contributed by atoms with Crippen LogP contribution in [0.1, 0.15) is 41.4 Å². The van der Waals surface area contributed by atoms with Crippen LogP contribution in [-0.4, -0.2) is 34.2 Å². The van der Waals surface area contributed by atoms with E-state index in [4.69, 9.17) is 16.3 Å². The van der Waals surface area contributed by atoms with Crippen LogP contribution in [0.15, 0.2) is 36.4 Å². The highest BCUT2D eigenvalue weighted by molar-refractivity contribution is 6.31. The monoisotopic (exact) mass is 418 g/mol. The van der Waals surface area contributed by atoms with Gasteiger partial charge in [-0.3, -0.25) is 25.1 Å². The molecule has 9 heteroatoms. The zero-order chi connectivity index (χ0) is 21.2. The quantitative estimate of drug-likeness (QED) is 0.390. The summed E-state index contributed by atoms with van der Waals surface area (Å²) in [6.07, 6.45) is 4.64. The van der Waals surface area contributed by atoms with Crippen molar-refractivity contribution in [3.63, 3.8) is 0 Å².